The normalized spacial score (nSPS) is 35.4. The van der Waals surface area contributed by atoms with Gasteiger partial charge in [0.2, 0.25) is 0 Å². The number of hydrogen-bond acceptors (Lipinski definition) is 3. The molecule has 0 amide bonds. The van der Waals surface area contributed by atoms with Gasteiger partial charge < -0.3 is 5.11 Å². The fourth-order valence-corrected chi connectivity index (χ4v) is 7.96. The summed E-state index contributed by atoms with van der Waals surface area (Å²) in [6.45, 7) is 1.45. The summed E-state index contributed by atoms with van der Waals surface area (Å²) in [5.41, 5.74) is -0.771. The minimum absolute atomic E-state index is 0.00894. The molecule has 0 heterocycles. The van der Waals surface area contributed by atoms with Crippen LogP contribution in [0.4, 0.5) is 22.0 Å². The van der Waals surface area contributed by atoms with Gasteiger partial charge in [0.15, 0.2) is 5.78 Å². The summed E-state index contributed by atoms with van der Waals surface area (Å²) in [6, 6.07) is 7.72. The van der Waals surface area contributed by atoms with E-state index < -0.39 is 41.4 Å². The highest BCUT2D eigenvalue weighted by Gasteiger charge is 2.79. The number of carbonyl (C=O) groups excluding carboxylic acids is 1. The van der Waals surface area contributed by atoms with Gasteiger partial charge in [-0.1, -0.05) is 24.6 Å². The summed E-state index contributed by atoms with van der Waals surface area (Å²) in [6.07, 6.45) is -0.513. The van der Waals surface area contributed by atoms with Gasteiger partial charge >= 0.3 is 12.1 Å². The van der Waals surface area contributed by atoms with Gasteiger partial charge in [-0.05, 0) is 91.5 Å². The largest absolute Gasteiger partial charge is 0.456 e. The lowest BCUT2D eigenvalue weighted by molar-refractivity contribution is -0.362. The van der Waals surface area contributed by atoms with Crippen LogP contribution < -0.4 is 0 Å². The Morgan fingerprint density at radius 2 is 1.71 bits per heavy atom. The van der Waals surface area contributed by atoms with E-state index in [2.05, 4.69) is 0 Å². The minimum Gasteiger partial charge on any atom is -0.383 e. The summed E-state index contributed by atoms with van der Waals surface area (Å²) in [5.74, 6) is -6.21. The maximum absolute atomic E-state index is 15.0. The smallest absolute Gasteiger partial charge is 0.383 e. The molecule has 35 heavy (non-hydrogen) atoms. The maximum Gasteiger partial charge on any atom is 0.456 e. The van der Waals surface area contributed by atoms with Crippen LogP contribution in [-0.2, 0) is 4.79 Å². The van der Waals surface area contributed by atoms with Crippen molar-refractivity contribution in [2.24, 2.45) is 17.3 Å². The van der Waals surface area contributed by atoms with E-state index >= 15 is 0 Å². The second-order valence-corrected chi connectivity index (χ2v) is 11.6. The van der Waals surface area contributed by atoms with Crippen LogP contribution in [0.15, 0.2) is 52.0 Å². The van der Waals surface area contributed by atoms with Crippen LogP contribution in [0.25, 0.3) is 0 Å². The number of alkyl halides is 5. The van der Waals surface area contributed by atoms with Crippen LogP contribution in [0, 0.1) is 17.3 Å². The second-order valence-electron chi connectivity index (χ2n) is 10.7. The van der Waals surface area contributed by atoms with E-state index in [1.165, 1.54) is 6.92 Å². The van der Waals surface area contributed by atoms with Crippen molar-refractivity contribution in [1.82, 2.24) is 0 Å². The molecule has 4 aliphatic rings. The first-order valence-electron chi connectivity index (χ1n) is 12.1. The SMILES string of the molecule is CSc1ccc([C@H]2C[C@@]3(C)[C@@H](CC[C@@]3(O)C(F)(F)C(F)(F)F)[C@@H]3CCC4=CC(=O)CCC4=C32)cc1. The Balaban J connectivity index is 1.68. The lowest BCUT2D eigenvalue weighted by Crippen LogP contribution is -2.65. The molecule has 0 radical (unpaired) electrons. The highest BCUT2D eigenvalue weighted by Crippen LogP contribution is 2.70. The van der Waals surface area contributed by atoms with Gasteiger partial charge in [0.05, 0.1) is 0 Å². The third-order valence-electron chi connectivity index (χ3n) is 9.28. The molecule has 5 atom stereocenters. The zero-order chi connectivity index (χ0) is 25.4. The van der Waals surface area contributed by atoms with Crippen LogP contribution in [0.1, 0.15) is 63.4 Å². The van der Waals surface area contributed by atoms with Crippen LogP contribution in [0.3, 0.4) is 0 Å². The second kappa shape index (κ2) is 8.17. The van der Waals surface area contributed by atoms with Crippen LogP contribution in [0.2, 0.25) is 0 Å². The van der Waals surface area contributed by atoms with Crippen molar-refractivity contribution in [2.45, 2.75) is 80.4 Å². The van der Waals surface area contributed by atoms with Crippen molar-refractivity contribution >= 4 is 17.5 Å². The Labute approximate surface area is 206 Å². The zero-order valence-electron chi connectivity index (χ0n) is 19.7. The van der Waals surface area contributed by atoms with Gasteiger partial charge in [0.25, 0.3) is 0 Å². The zero-order valence-corrected chi connectivity index (χ0v) is 20.5. The van der Waals surface area contributed by atoms with Crippen LogP contribution in [-0.4, -0.2) is 34.8 Å². The number of thioether (sulfide) groups is 1. The molecule has 2 saturated carbocycles. The number of fused-ring (bicyclic) bond motifs is 4. The fraction of sp³-hybridized carbons (Fsp3) is 0.593. The van der Waals surface area contributed by atoms with E-state index in [0.717, 1.165) is 27.2 Å². The molecule has 1 aromatic rings. The van der Waals surface area contributed by atoms with Gasteiger partial charge in [0, 0.05) is 22.6 Å². The molecule has 0 spiro atoms. The quantitative estimate of drug-likeness (QED) is 0.343. The topological polar surface area (TPSA) is 37.3 Å². The number of ketones is 1. The Bertz CT molecular complexity index is 1110. The number of carbonyl (C=O) groups is 1. The Kier molecular flexibility index (Phi) is 5.83. The number of aliphatic hydroxyl groups is 1. The number of allylic oxidation sites excluding steroid dienone is 4. The van der Waals surface area contributed by atoms with Gasteiger partial charge in [-0.2, -0.15) is 22.0 Å². The Morgan fingerprint density at radius 1 is 1.03 bits per heavy atom. The lowest BCUT2D eigenvalue weighted by Gasteiger charge is -2.56. The fourth-order valence-electron chi connectivity index (χ4n) is 7.55. The molecule has 1 N–H and O–H groups in total. The van der Waals surface area contributed by atoms with E-state index in [4.69, 9.17) is 0 Å². The highest BCUT2D eigenvalue weighted by atomic mass is 32.2. The molecular weight excluding hydrogens is 483 g/mol. The van der Waals surface area contributed by atoms with Crippen molar-refractivity contribution in [3.63, 3.8) is 0 Å². The molecule has 2 nitrogen and oxygen atoms in total. The number of rotatable bonds is 3. The number of hydrogen-bond donors (Lipinski definition) is 1. The minimum atomic E-state index is -5.83. The molecule has 0 saturated heterocycles. The molecule has 2 fully saturated rings. The van der Waals surface area contributed by atoms with Crippen molar-refractivity contribution < 1.29 is 31.9 Å². The molecular formula is C27H29F5O2S. The van der Waals surface area contributed by atoms with Crippen molar-refractivity contribution in [3.8, 4) is 0 Å². The summed E-state index contributed by atoms with van der Waals surface area (Å²) in [7, 11) is 0. The van der Waals surface area contributed by atoms with Gasteiger partial charge in [-0.25, -0.2) is 0 Å². The molecule has 5 rings (SSSR count). The highest BCUT2D eigenvalue weighted by molar-refractivity contribution is 7.98. The third-order valence-corrected chi connectivity index (χ3v) is 10.0. The molecule has 190 valence electrons. The molecule has 4 aliphatic carbocycles. The first kappa shape index (κ1) is 25.0. The van der Waals surface area contributed by atoms with Gasteiger partial charge in [-0.3, -0.25) is 4.79 Å². The van der Waals surface area contributed by atoms with Crippen molar-refractivity contribution in [2.75, 3.05) is 6.26 Å². The van der Waals surface area contributed by atoms with Crippen LogP contribution >= 0.6 is 11.8 Å². The Morgan fingerprint density at radius 3 is 2.34 bits per heavy atom. The van der Waals surface area contributed by atoms with Gasteiger partial charge in [0.1, 0.15) is 5.60 Å². The standard InChI is InChI=1S/C27H29F5O2S/c1-24-14-21(15-3-7-18(35-2)8-4-15)23-19-10-6-17(33)13-16(19)5-9-20(23)22(24)11-12-25(24,34)26(28,29)27(30,31)32/h3-4,7-8,13,20-22,34H,5-6,9-12,14H2,1-2H3/t20-,21+,22-,24-,25-/m0/s1. The van der Waals surface area contributed by atoms with E-state index in [9.17, 15) is 31.9 Å². The molecule has 8 heteroatoms. The first-order chi connectivity index (χ1) is 16.3. The first-order valence-corrected chi connectivity index (χ1v) is 13.3. The molecule has 0 bridgehead atoms. The Hall–Kier alpha value is -1.67. The van der Waals surface area contributed by atoms with Gasteiger partial charge in [-0.15, -0.1) is 11.8 Å². The monoisotopic (exact) mass is 512 g/mol. The number of benzene rings is 1. The molecule has 1 aromatic carbocycles. The number of halogens is 5. The molecule has 0 aliphatic heterocycles. The van der Waals surface area contributed by atoms with Crippen LogP contribution in [0.5, 0.6) is 0 Å². The predicted octanol–water partition coefficient (Wildman–Crippen LogP) is 7.24. The predicted molar refractivity (Wildman–Crippen MR) is 124 cm³/mol. The molecule has 0 unspecified atom stereocenters. The third kappa shape index (κ3) is 3.49. The average Bonchev–Trinajstić information content (AvgIpc) is 3.09. The van der Waals surface area contributed by atoms with E-state index in [-0.39, 0.29) is 24.5 Å². The average molecular weight is 513 g/mol. The summed E-state index contributed by atoms with van der Waals surface area (Å²) < 4.78 is 70.7. The lowest BCUT2D eigenvalue weighted by atomic mass is 9.50. The maximum atomic E-state index is 15.0. The summed E-state index contributed by atoms with van der Waals surface area (Å²) in [4.78, 5) is 13.1. The van der Waals surface area contributed by atoms with Crippen molar-refractivity contribution in [1.29, 1.82) is 0 Å². The van der Waals surface area contributed by atoms with E-state index in [1.807, 2.05) is 30.5 Å². The molecule has 0 aromatic heterocycles. The van der Waals surface area contributed by atoms with Crippen molar-refractivity contribution in [3.05, 3.63) is 52.6 Å². The van der Waals surface area contributed by atoms with E-state index in [1.54, 1.807) is 17.8 Å². The summed E-state index contributed by atoms with van der Waals surface area (Å²) >= 11 is 1.56. The summed E-state index contributed by atoms with van der Waals surface area (Å²) in [5, 5.41) is 11.3. The van der Waals surface area contributed by atoms with E-state index in [0.29, 0.717) is 25.7 Å².